The number of hydrogen-bond acceptors (Lipinski definition) is 4. The number of hydrogen-bond donors (Lipinski definition) is 2. The van der Waals surface area contributed by atoms with Crippen molar-refractivity contribution in [2.45, 2.75) is 24.2 Å². The quantitative estimate of drug-likeness (QED) is 0.420. The van der Waals surface area contributed by atoms with Crippen molar-refractivity contribution in [1.82, 2.24) is 19.9 Å². The molecule has 0 radical (unpaired) electrons. The van der Waals surface area contributed by atoms with Gasteiger partial charge in [-0.15, -0.1) is 0 Å². The predicted molar refractivity (Wildman–Crippen MR) is 111 cm³/mol. The molecule has 1 aliphatic rings. The third-order valence-corrected chi connectivity index (χ3v) is 6.15. The molecule has 1 atom stereocenters. The molecule has 0 saturated carbocycles. The van der Waals surface area contributed by atoms with Crippen molar-refractivity contribution in [2.75, 3.05) is 32.7 Å². The van der Waals surface area contributed by atoms with E-state index in [2.05, 4.69) is 49.2 Å². The highest BCUT2D eigenvalue weighted by Gasteiger charge is 2.25. The average Bonchev–Trinajstić information content (AvgIpc) is 3.22. The molecule has 8 heteroatoms. The van der Waals surface area contributed by atoms with Crippen LogP contribution in [0.25, 0.3) is 0 Å². The first kappa shape index (κ1) is 20.3. The fourth-order valence-corrected chi connectivity index (χ4v) is 4.29. The molecule has 2 aromatic rings. The molecule has 1 unspecified atom stereocenters. The second-order valence-electron chi connectivity index (χ2n) is 6.66. The maximum absolute atomic E-state index is 12.2. The van der Waals surface area contributed by atoms with Gasteiger partial charge >= 0.3 is 0 Å². The minimum atomic E-state index is -3.55. The molecule has 0 amide bonds. The van der Waals surface area contributed by atoms with E-state index in [1.54, 1.807) is 12.3 Å². The smallest absolute Gasteiger partial charge is 0.242 e. The highest BCUT2D eigenvalue weighted by Crippen LogP contribution is 2.26. The van der Waals surface area contributed by atoms with E-state index in [0.29, 0.717) is 12.5 Å². The molecule has 150 valence electrons. The molecule has 1 fully saturated rings. The van der Waals surface area contributed by atoms with Crippen LogP contribution in [-0.4, -0.2) is 57.0 Å². The van der Waals surface area contributed by atoms with Gasteiger partial charge in [-0.25, -0.2) is 13.1 Å². The van der Waals surface area contributed by atoms with E-state index in [9.17, 15) is 8.42 Å². The number of nitrogens with one attached hydrogen (secondary N) is 2. The third-order valence-electron chi connectivity index (χ3n) is 4.70. The number of sulfonamides is 1. The molecular formula is C20H27N5O2S. The number of nitrogens with zero attached hydrogens (tertiary/aromatic N) is 3. The van der Waals surface area contributed by atoms with Crippen LogP contribution in [0.5, 0.6) is 0 Å². The Morgan fingerprint density at radius 3 is 2.79 bits per heavy atom. The van der Waals surface area contributed by atoms with E-state index < -0.39 is 10.0 Å². The number of guanidine groups is 1. The largest absolute Gasteiger partial charge is 0.357 e. The third kappa shape index (κ3) is 5.30. The second-order valence-corrected chi connectivity index (χ2v) is 8.43. The molecule has 1 saturated heterocycles. The molecule has 28 heavy (non-hydrogen) atoms. The molecule has 0 aliphatic carbocycles. The van der Waals surface area contributed by atoms with Crippen LogP contribution >= 0.6 is 0 Å². The molecule has 7 nitrogen and oxygen atoms in total. The first-order valence-corrected chi connectivity index (χ1v) is 11.1. The summed E-state index contributed by atoms with van der Waals surface area (Å²) < 4.78 is 27.0. The average molecular weight is 402 g/mol. The summed E-state index contributed by atoms with van der Waals surface area (Å²) in [4.78, 5) is 10.9. The van der Waals surface area contributed by atoms with Crippen molar-refractivity contribution in [3.05, 3.63) is 60.4 Å². The Morgan fingerprint density at radius 2 is 2.07 bits per heavy atom. The van der Waals surface area contributed by atoms with Gasteiger partial charge in [-0.2, -0.15) is 0 Å². The van der Waals surface area contributed by atoms with Gasteiger partial charge in [0.15, 0.2) is 5.96 Å². The van der Waals surface area contributed by atoms with Crippen molar-refractivity contribution >= 4 is 16.0 Å². The van der Waals surface area contributed by atoms with Crippen molar-refractivity contribution in [2.24, 2.45) is 4.99 Å². The van der Waals surface area contributed by atoms with Gasteiger partial charge in [-0.1, -0.05) is 30.3 Å². The van der Waals surface area contributed by atoms with Crippen LogP contribution < -0.4 is 10.0 Å². The second kappa shape index (κ2) is 9.66. The lowest BCUT2D eigenvalue weighted by Crippen LogP contribution is -2.40. The van der Waals surface area contributed by atoms with Crippen LogP contribution in [0.4, 0.5) is 0 Å². The van der Waals surface area contributed by atoms with Crippen LogP contribution in [-0.2, 0) is 10.0 Å². The number of likely N-dealkylation sites (tertiary alicyclic amines) is 1. The standard InChI is InChI=1S/C20H27N5O2S/c1-2-22-20(25-14-10-18(16-25)17-7-4-3-5-8-17)23-12-13-24-28(26,27)19-9-6-11-21-15-19/h3-9,11,15,18,24H,2,10,12-14,16H2,1H3,(H,22,23). The predicted octanol–water partition coefficient (Wildman–Crippen LogP) is 1.81. The van der Waals surface area contributed by atoms with E-state index in [1.165, 1.54) is 17.8 Å². The summed E-state index contributed by atoms with van der Waals surface area (Å²) in [6.45, 7) is 5.26. The van der Waals surface area contributed by atoms with E-state index >= 15 is 0 Å². The van der Waals surface area contributed by atoms with E-state index in [4.69, 9.17) is 0 Å². The maximum atomic E-state index is 12.2. The number of aliphatic imine (C=N–C) groups is 1. The fourth-order valence-electron chi connectivity index (χ4n) is 3.31. The fraction of sp³-hybridized carbons (Fsp3) is 0.400. The summed E-state index contributed by atoms with van der Waals surface area (Å²) in [5, 5.41) is 3.31. The molecule has 2 heterocycles. The molecule has 0 bridgehead atoms. The van der Waals surface area contributed by atoms with E-state index in [1.807, 2.05) is 13.0 Å². The summed E-state index contributed by atoms with van der Waals surface area (Å²) in [5.41, 5.74) is 1.35. The lowest BCUT2D eigenvalue weighted by molar-refractivity contribution is 0.486. The minimum absolute atomic E-state index is 0.163. The Balaban J connectivity index is 1.56. The van der Waals surface area contributed by atoms with Crippen LogP contribution in [0, 0.1) is 0 Å². The van der Waals surface area contributed by atoms with Crippen molar-refractivity contribution in [3.8, 4) is 0 Å². The zero-order valence-corrected chi connectivity index (χ0v) is 16.9. The Hall–Kier alpha value is -2.45. The van der Waals surface area contributed by atoms with Gasteiger partial charge in [0.2, 0.25) is 10.0 Å². The van der Waals surface area contributed by atoms with Gasteiger partial charge in [0, 0.05) is 44.5 Å². The Morgan fingerprint density at radius 1 is 1.25 bits per heavy atom. The van der Waals surface area contributed by atoms with E-state index in [-0.39, 0.29) is 11.4 Å². The van der Waals surface area contributed by atoms with Gasteiger partial charge in [0.25, 0.3) is 0 Å². The number of pyridine rings is 1. The summed E-state index contributed by atoms with van der Waals surface area (Å²) >= 11 is 0. The number of rotatable bonds is 7. The van der Waals surface area contributed by atoms with Crippen molar-refractivity contribution in [3.63, 3.8) is 0 Å². The monoisotopic (exact) mass is 401 g/mol. The zero-order chi connectivity index (χ0) is 19.8. The molecule has 3 rings (SSSR count). The van der Waals surface area contributed by atoms with Gasteiger partial charge in [-0.3, -0.25) is 9.98 Å². The van der Waals surface area contributed by atoms with Crippen LogP contribution in [0.1, 0.15) is 24.8 Å². The van der Waals surface area contributed by atoms with Crippen molar-refractivity contribution in [1.29, 1.82) is 0 Å². The van der Waals surface area contributed by atoms with Gasteiger partial charge < -0.3 is 10.2 Å². The van der Waals surface area contributed by atoms with Crippen LogP contribution in [0.15, 0.2) is 64.7 Å². The van der Waals surface area contributed by atoms with Gasteiger partial charge in [0.1, 0.15) is 4.90 Å². The highest BCUT2D eigenvalue weighted by atomic mass is 32.2. The first-order chi connectivity index (χ1) is 13.6. The summed E-state index contributed by atoms with van der Waals surface area (Å²) in [5.74, 6) is 1.33. The Bertz CT molecular complexity index is 872. The minimum Gasteiger partial charge on any atom is -0.357 e. The summed E-state index contributed by atoms with van der Waals surface area (Å²) in [6, 6.07) is 13.7. The SMILES string of the molecule is CCNC(=NCCNS(=O)(=O)c1cccnc1)N1CCC(c2ccccc2)C1. The molecule has 1 aromatic carbocycles. The molecular weight excluding hydrogens is 374 g/mol. The lowest BCUT2D eigenvalue weighted by atomic mass is 9.99. The van der Waals surface area contributed by atoms with Gasteiger partial charge in [-0.05, 0) is 31.0 Å². The van der Waals surface area contributed by atoms with Crippen LogP contribution in [0.3, 0.4) is 0 Å². The first-order valence-electron chi connectivity index (χ1n) is 9.58. The zero-order valence-electron chi connectivity index (χ0n) is 16.1. The van der Waals surface area contributed by atoms with Crippen LogP contribution in [0.2, 0.25) is 0 Å². The highest BCUT2D eigenvalue weighted by molar-refractivity contribution is 7.89. The maximum Gasteiger partial charge on any atom is 0.242 e. The molecule has 2 N–H and O–H groups in total. The summed E-state index contributed by atoms with van der Waals surface area (Å²) in [7, 11) is -3.55. The Kier molecular flexibility index (Phi) is 7.00. The van der Waals surface area contributed by atoms with Crippen molar-refractivity contribution < 1.29 is 8.42 Å². The topological polar surface area (TPSA) is 86.7 Å². The number of aromatic nitrogens is 1. The Labute approximate surface area is 167 Å². The number of benzene rings is 1. The summed E-state index contributed by atoms with van der Waals surface area (Å²) in [6.07, 6.45) is 3.97. The molecule has 1 aliphatic heterocycles. The molecule has 1 aromatic heterocycles. The lowest BCUT2D eigenvalue weighted by Gasteiger charge is -2.21. The normalized spacial score (nSPS) is 17.7. The van der Waals surface area contributed by atoms with E-state index in [0.717, 1.165) is 32.0 Å². The van der Waals surface area contributed by atoms with Gasteiger partial charge in [0.05, 0.1) is 6.54 Å². The molecule has 0 spiro atoms.